The maximum Gasteiger partial charge on any atom is 0.127 e. The molecule has 20 heavy (non-hydrogen) atoms. The van der Waals surface area contributed by atoms with Crippen molar-refractivity contribution < 1.29 is 5.11 Å². The molecule has 0 spiro atoms. The Morgan fingerprint density at radius 1 is 1.10 bits per heavy atom. The molecule has 2 aromatic carbocycles. The predicted molar refractivity (Wildman–Crippen MR) is 83.2 cm³/mol. The van der Waals surface area contributed by atoms with Crippen LogP contribution in [-0.4, -0.2) is 15.3 Å². The highest BCUT2D eigenvalue weighted by Crippen LogP contribution is 2.34. The Labute approximate surface area is 124 Å². The first kappa shape index (κ1) is 12.7. The summed E-state index contributed by atoms with van der Waals surface area (Å²) in [5, 5.41) is 17.1. The Morgan fingerprint density at radius 2 is 1.85 bits per heavy atom. The van der Waals surface area contributed by atoms with Crippen LogP contribution in [0.25, 0.3) is 22.5 Å². The van der Waals surface area contributed by atoms with Crippen molar-refractivity contribution in [1.29, 1.82) is 0 Å². The van der Waals surface area contributed by atoms with E-state index in [0.29, 0.717) is 16.9 Å². The quantitative estimate of drug-likeness (QED) is 0.626. The number of nitrogens with two attached hydrogens (primary N) is 1. The van der Waals surface area contributed by atoms with Crippen LogP contribution in [-0.2, 0) is 0 Å². The fraction of sp³-hybridized carbons (Fsp3) is 0. The summed E-state index contributed by atoms with van der Waals surface area (Å²) in [6, 6.07) is 14.8. The fourth-order valence-electron chi connectivity index (χ4n) is 2.06. The molecule has 0 unspecified atom stereocenters. The van der Waals surface area contributed by atoms with Gasteiger partial charge in [0, 0.05) is 10.2 Å². The van der Waals surface area contributed by atoms with E-state index in [0.717, 1.165) is 15.7 Å². The second kappa shape index (κ2) is 5.02. The van der Waals surface area contributed by atoms with Crippen molar-refractivity contribution >= 4 is 21.6 Å². The minimum atomic E-state index is 0.124. The summed E-state index contributed by atoms with van der Waals surface area (Å²) in [7, 11) is 0. The number of hydrogen-bond acceptors (Lipinski definition) is 3. The smallest absolute Gasteiger partial charge is 0.127 e. The number of anilines is 1. The molecule has 0 atom stereocenters. The first-order valence-electron chi connectivity index (χ1n) is 6.04. The van der Waals surface area contributed by atoms with E-state index in [1.165, 1.54) is 0 Å². The maximum absolute atomic E-state index is 9.92. The largest absolute Gasteiger partial charge is 0.507 e. The number of nitrogen functional groups attached to an aromatic ring is 1. The van der Waals surface area contributed by atoms with Crippen LogP contribution in [0.1, 0.15) is 0 Å². The molecule has 3 aromatic rings. The molecule has 0 radical (unpaired) electrons. The third-order valence-corrected chi connectivity index (χ3v) is 3.59. The van der Waals surface area contributed by atoms with Crippen molar-refractivity contribution in [1.82, 2.24) is 10.2 Å². The Bertz CT molecular complexity index is 730. The van der Waals surface area contributed by atoms with Gasteiger partial charge < -0.3 is 10.8 Å². The predicted octanol–water partition coefficient (Wildman–Crippen LogP) is 3.79. The highest BCUT2D eigenvalue weighted by molar-refractivity contribution is 9.10. The van der Waals surface area contributed by atoms with Crippen molar-refractivity contribution in [3.8, 4) is 28.3 Å². The first-order valence-corrected chi connectivity index (χ1v) is 6.83. The highest BCUT2D eigenvalue weighted by atomic mass is 79.9. The van der Waals surface area contributed by atoms with E-state index >= 15 is 0 Å². The van der Waals surface area contributed by atoms with Gasteiger partial charge in [0.1, 0.15) is 5.75 Å². The summed E-state index contributed by atoms with van der Waals surface area (Å²) in [6.07, 6.45) is 0. The van der Waals surface area contributed by atoms with Gasteiger partial charge in [-0.15, -0.1) is 0 Å². The Balaban J connectivity index is 2.04. The van der Waals surface area contributed by atoms with Gasteiger partial charge in [0.25, 0.3) is 0 Å². The van der Waals surface area contributed by atoms with E-state index in [4.69, 9.17) is 5.73 Å². The summed E-state index contributed by atoms with van der Waals surface area (Å²) in [5.41, 5.74) is 9.46. The van der Waals surface area contributed by atoms with Gasteiger partial charge in [-0.3, -0.25) is 5.10 Å². The molecule has 0 bridgehead atoms. The number of halogens is 1. The minimum absolute atomic E-state index is 0.124. The van der Waals surface area contributed by atoms with Gasteiger partial charge in [-0.2, -0.15) is 5.10 Å². The number of benzene rings is 2. The van der Waals surface area contributed by atoms with Crippen LogP contribution in [0.15, 0.2) is 53.0 Å². The van der Waals surface area contributed by atoms with Gasteiger partial charge in [0.15, 0.2) is 0 Å². The van der Waals surface area contributed by atoms with Gasteiger partial charge in [0.05, 0.1) is 17.0 Å². The van der Waals surface area contributed by atoms with Crippen LogP contribution in [0.5, 0.6) is 5.75 Å². The van der Waals surface area contributed by atoms with Crippen LogP contribution in [0, 0.1) is 0 Å². The highest BCUT2D eigenvalue weighted by Gasteiger charge is 2.12. The number of phenols is 1. The van der Waals surface area contributed by atoms with Crippen molar-refractivity contribution in [2.75, 3.05) is 5.73 Å². The molecule has 1 heterocycles. The molecule has 100 valence electrons. The zero-order chi connectivity index (χ0) is 14.1. The standard InChI is InChI=1S/C15H12BrN3O/c16-10-6-4-9(5-7-10)12-8-13(19-18-12)15-11(17)2-1-3-14(15)20/h1-8,20H,17H2,(H,18,19). The van der Waals surface area contributed by atoms with Gasteiger partial charge in [-0.25, -0.2) is 0 Å². The molecule has 0 aliphatic rings. The Kier molecular flexibility index (Phi) is 3.20. The number of aromatic nitrogens is 2. The SMILES string of the molecule is Nc1cccc(O)c1-c1cc(-c2ccc(Br)cc2)[nH]n1. The Morgan fingerprint density at radius 3 is 2.55 bits per heavy atom. The zero-order valence-corrected chi connectivity index (χ0v) is 12.1. The van der Waals surface area contributed by atoms with Crippen molar-refractivity contribution in [2.24, 2.45) is 0 Å². The summed E-state index contributed by atoms with van der Waals surface area (Å²) >= 11 is 3.40. The molecule has 1 aromatic heterocycles. The van der Waals surface area contributed by atoms with E-state index in [1.807, 2.05) is 30.3 Å². The zero-order valence-electron chi connectivity index (χ0n) is 10.5. The average Bonchev–Trinajstić information content (AvgIpc) is 2.89. The van der Waals surface area contributed by atoms with Gasteiger partial charge in [0.2, 0.25) is 0 Å². The van der Waals surface area contributed by atoms with E-state index in [9.17, 15) is 5.11 Å². The monoisotopic (exact) mass is 329 g/mol. The molecule has 0 fully saturated rings. The number of hydrogen-bond donors (Lipinski definition) is 3. The third-order valence-electron chi connectivity index (χ3n) is 3.06. The lowest BCUT2D eigenvalue weighted by Crippen LogP contribution is -1.90. The lowest BCUT2D eigenvalue weighted by atomic mass is 10.1. The second-order valence-corrected chi connectivity index (χ2v) is 5.33. The topological polar surface area (TPSA) is 74.9 Å². The van der Waals surface area contributed by atoms with Crippen molar-refractivity contribution in [3.05, 3.63) is 53.0 Å². The second-order valence-electron chi connectivity index (χ2n) is 4.42. The molecule has 0 amide bonds. The molecule has 4 nitrogen and oxygen atoms in total. The lowest BCUT2D eigenvalue weighted by Gasteiger charge is -2.04. The van der Waals surface area contributed by atoms with E-state index in [2.05, 4.69) is 26.1 Å². The van der Waals surface area contributed by atoms with Crippen LogP contribution in [0.4, 0.5) is 5.69 Å². The molecule has 0 aliphatic heterocycles. The number of H-pyrrole nitrogens is 1. The lowest BCUT2D eigenvalue weighted by molar-refractivity contribution is 0.477. The first-order chi connectivity index (χ1) is 9.65. The van der Waals surface area contributed by atoms with E-state index < -0.39 is 0 Å². The molecule has 3 rings (SSSR count). The van der Waals surface area contributed by atoms with Crippen LogP contribution >= 0.6 is 15.9 Å². The number of aromatic amines is 1. The summed E-state index contributed by atoms with van der Waals surface area (Å²) in [6.45, 7) is 0. The number of rotatable bonds is 2. The van der Waals surface area contributed by atoms with Crippen molar-refractivity contribution in [2.45, 2.75) is 0 Å². The summed E-state index contributed by atoms with van der Waals surface area (Å²) in [4.78, 5) is 0. The molecular weight excluding hydrogens is 318 g/mol. The maximum atomic E-state index is 9.92. The molecular formula is C15H12BrN3O. The van der Waals surface area contributed by atoms with E-state index in [1.54, 1.807) is 18.2 Å². The minimum Gasteiger partial charge on any atom is -0.507 e. The number of aromatic hydroxyl groups is 1. The number of nitrogens with zero attached hydrogens (tertiary/aromatic N) is 1. The van der Waals surface area contributed by atoms with Gasteiger partial charge in [-0.05, 0) is 35.9 Å². The molecule has 0 saturated heterocycles. The van der Waals surface area contributed by atoms with Gasteiger partial charge >= 0.3 is 0 Å². The third kappa shape index (κ3) is 2.28. The van der Waals surface area contributed by atoms with Gasteiger partial charge in [-0.1, -0.05) is 34.1 Å². The fourth-order valence-corrected chi connectivity index (χ4v) is 2.33. The van der Waals surface area contributed by atoms with Crippen molar-refractivity contribution in [3.63, 3.8) is 0 Å². The molecule has 0 aliphatic carbocycles. The summed E-state index contributed by atoms with van der Waals surface area (Å²) in [5.74, 6) is 0.124. The van der Waals surface area contributed by atoms with Crippen LogP contribution in [0.3, 0.4) is 0 Å². The molecule has 4 N–H and O–H groups in total. The van der Waals surface area contributed by atoms with Crippen LogP contribution in [0.2, 0.25) is 0 Å². The molecule has 5 heteroatoms. The number of phenolic OH excluding ortho intramolecular Hbond substituents is 1. The normalized spacial score (nSPS) is 10.7. The average molecular weight is 330 g/mol. The number of nitrogens with one attached hydrogen (secondary N) is 1. The Hall–Kier alpha value is -2.27. The van der Waals surface area contributed by atoms with E-state index in [-0.39, 0.29) is 5.75 Å². The van der Waals surface area contributed by atoms with Crippen LogP contribution < -0.4 is 5.73 Å². The summed E-state index contributed by atoms with van der Waals surface area (Å²) < 4.78 is 1.02. The molecule has 0 saturated carbocycles.